The van der Waals surface area contributed by atoms with Gasteiger partial charge >= 0.3 is 0 Å². The van der Waals surface area contributed by atoms with Crippen LogP contribution in [0, 0.1) is 5.82 Å². The Labute approximate surface area is 118 Å². The molecule has 1 atom stereocenters. The van der Waals surface area contributed by atoms with Crippen LogP contribution in [0.15, 0.2) is 42.5 Å². The summed E-state index contributed by atoms with van der Waals surface area (Å²) in [6.45, 7) is 1.52. The molecule has 4 heteroatoms. The first-order valence-electron chi connectivity index (χ1n) is 6.40. The van der Waals surface area contributed by atoms with Gasteiger partial charge in [-0.25, -0.2) is 4.39 Å². The molecule has 0 aliphatic carbocycles. The van der Waals surface area contributed by atoms with Gasteiger partial charge in [-0.3, -0.25) is 0 Å². The van der Waals surface area contributed by atoms with Crippen molar-refractivity contribution in [1.82, 2.24) is 0 Å². The first-order chi connectivity index (χ1) is 9.49. The highest BCUT2D eigenvalue weighted by molar-refractivity contribution is 5.51. The van der Waals surface area contributed by atoms with E-state index in [9.17, 15) is 9.50 Å². The lowest BCUT2D eigenvalue weighted by atomic mass is 10.1. The maximum absolute atomic E-state index is 13.8. The van der Waals surface area contributed by atoms with Gasteiger partial charge in [-0.05, 0) is 31.2 Å². The Hall–Kier alpha value is -2.07. The van der Waals surface area contributed by atoms with Crippen molar-refractivity contribution >= 4 is 5.69 Å². The normalized spacial score (nSPS) is 12.1. The van der Waals surface area contributed by atoms with Gasteiger partial charge in [-0.15, -0.1) is 0 Å². The highest BCUT2D eigenvalue weighted by Gasteiger charge is 2.15. The third kappa shape index (κ3) is 3.08. The molecule has 2 aromatic carbocycles. The molecule has 1 unspecified atom stereocenters. The zero-order valence-electron chi connectivity index (χ0n) is 11.8. The number of halogens is 1. The van der Waals surface area contributed by atoms with Crippen LogP contribution in [0.3, 0.4) is 0 Å². The second kappa shape index (κ2) is 5.92. The molecule has 106 valence electrons. The van der Waals surface area contributed by atoms with E-state index in [4.69, 9.17) is 4.74 Å². The van der Waals surface area contributed by atoms with E-state index in [0.29, 0.717) is 11.5 Å². The Morgan fingerprint density at radius 1 is 1.15 bits per heavy atom. The molecule has 0 fully saturated rings. The topological polar surface area (TPSA) is 32.7 Å². The Kier molecular flexibility index (Phi) is 4.25. The maximum Gasteiger partial charge on any atom is 0.136 e. The van der Waals surface area contributed by atoms with Crippen LogP contribution in [0.1, 0.15) is 18.6 Å². The van der Waals surface area contributed by atoms with Gasteiger partial charge in [0.15, 0.2) is 0 Å². The largest absolute Gasteiger partial charge is 0.457 e. The number of ether oxygens (including phenoxy) is 1. The highest BCUT2D eigenvalue weighted by Crippen LogP contribution is 2.32. The van der Waals surface area contributed by atoms with Gasteiger partial charge < -0.3 is 14.7 Å². The molecule has 0 spiro atoms. The maximum atomic E-state index is 13.8. The third-order valence-corrected chi connectivity index (χ3v) is 2.99. The Morgan fingerprint density at radius 2 is 1.85 bits per heavy atom. The number of hydrogen-bond donors (Lipinski definition) is 1. The summed E-state index contributed by atoms with van der Waals surface area (Å²) in [7, 11) is 3.87. The molecular formula is C16H18FNO2. The molecule has 0 saturated carbocycles. The van der Waals surface area contributed by atoms with Crippen molar-refractivity contribution in [3.8, 4) is 11.5 Å². The van der Waals surface area contributed by atoms with E-state index in [1.165, 1.54) is 13.0 Å². The molecule has 0 radical (unpaired) electrons. The predicted molar refractivity (Wildman–Crippen MR) is 77.9 cm³/mol. The Balaban J connectivity index is 2.35. The molecular weight excluding hydrogens is 257 g/mol. The van der Waals surface area contributed by atoms with E-state index in [-0.39, 0.29) is 5.56 Å². The quantitative estimate of drug-likeness (QED) is 0.922. The smallest absolute Gasteiger partial charge is 0.136 e. The first kappa shape index (κ1) is 14.3. The molecule has 2 aromatic rings. The minimum absolute atomic E-state index is 0.169. The summed E-state index contributed by atoms with van der Waals surface area (Å²) in [4.78, 5) is 1.95. The van der Waals surface area contributed by atoms with Crippen molar-refractivity contribution in [1.29, 1.82) is 0 Å². The van der Waals surface area contributed by atoms with Crippen LogP contribution in [0.4, 0.5) is 10.1 Å². The summed E-state index contributed by atoms with van der Waals surface area (Å²) >= 11 is 0. The van der Waals surface area contributed by atoms with Crippen LogP contribution in [-0.2, 0) is 0 Å². The molecule has 0 heterocycles. The molecule has 0 aliphatic heterocycles. The van der Waals surface area contributed by atoms with E-state index in [0.717, 1.165) is 5.69 Å². The number of anilines is 1. The summed E-state index contributed by atoms with van der Waals surface area (Å²) in [5.74, 6) is 0.459. The van der Waals surface area contributed by atoms with Crippen molar-refractivity contribution in [2.75, 3.05) is 19.0 Å². The number of aliphatic hydroxyl groups is 1. The number of aliphatic hydroxyl groups excluding tert-OH is 1. The van der Waals surface area contributed by atoms with Crippen LogP contribution in [0.2, 0.25) is 0 Å². The highest BCUT2D eigenvalue weighted by atomic mass is 19.1. The summed E-state index contributed by atoms with van der Waals surface area (Å²) in [6.07, 6.45) is -0.928. The van der Waals surface area contributed by atoms with E-state index in [1.807, 2.05) is 37.2 Å². The number of hydrogen-bond acceptors (Lipinski definition) is 3. The summed E-state index contributed by atoms with van der Waals surface area (Å²) in [6, 6.07) is 12.0. The average Bonchev–Trinajstić information content (AvgIpc) is 2.38. The van der Waals surface area contributed by atoms with E-state index >= 15 is 0 Å². The van der Waals surface area contributed by atoms with Crippen LogP contribution < -0.4 is 9.64 Å². The van der Waals surface area contributed by atoms with E-state index < -0.39 is 11.9 Å². The predicted octanol–water partition coefficient (Wildman–Crippen LogP) is 3.74. The second-order valence-electron chi connectivity index (χ2n) is 4.82. The van der Waals surface area contributed by atoms with Crippen LogP contribution in [0.5, 0.6) is 11.5 Å². The molecule has 0 aliphatic rings. The van der Waals surface area contributed by atoms with Crippen molar-refractivity contribution in [3.05, 3.63) is 53.8 Å². The zero-order chi connectivity index (χ0) is 14.7. The lowest BCUT2D eigenvalue weighted by molar-refractivity contribution is 0.190. The van der Waals surface area contributed by atoms with Crippen molar-refractivity contribution < 1.29 is 14.2 Å². The van der Waals surface area contributed by atoms with Crippen molar-refractivity contribution in [2.24, 2.45) is 0 Å². The molecule has 20 heavy (non-hydrogen) atoms. The molecule has 3 nitrogen and oxygen atoms in total. The van der Waals surface area contributed by atoms with Gasteiger partial charge in [0.2, 0.25) is 0 Å². The van der Waals surface area contributed by atoms with Gasteiger partial charge in [0.05, 0.1) is 11.7 Å². The fourth-order valence-electron chi connectivity index (χ4n) is 1.96. The third-order valence-electron chi connectivity index (χ3n) is 2.99. The van der Waals surface area contributed by atoms with Gasteiger partial charge in [-0.2, -0.15) is 0 Å². The Bertz CT molecular complexity index is 597. The minimum Gasteiger partial charge on any atom is -0.457 e. The van der Waals surface area contributed by atoms with Crippen molar-refractivity contribution in [3.63, 3.8) is 0 Å². The average molecular weight is 275 g/mol. The molecule has 1 N–H and O–H groups in total. The van der Waals surface area contributed by atoms with Gasteiger partial charge in [0, 0.05) is 25.8 Å². The fraction of sp³-hybridized carbons (Fsp3) is 0.250. The van der Waals surface area contributed by atoms with Gasteiger partial charge in [-0.1, -0.05) is 12.1 Å². The summed E-state index contributed by atoms with van der Waals surface area (Å²) < 4.78 is 19.5. The molecule has 0 saturated heterocycles. The fourth-order valence-corrected chi connectivity index (χ4v) is 1.96. The number of rotatable bonds is 4. The van der Waals surface area contributed by atoms with Crippen LogP contribution >= 0.6 is 0 Å². The number of nitrogens with zero attached hydrogens (tertiary/aromatic N) is 1. The molecule has 0 amide bonds. The first-order valence-corrected chi connectivity index (χ1v) is 6.40. The van der Waals surface area contributed by atoms with Gasteiger partial charge in [0.25, 0.3) is 0 Å². The summed E-state index contributed by atoms with van der Waals surface area (Å²) in [5, 5.41) is 9.68. The lowest BCUT2D eigenvalue weighted by Crippen LogP contribution is -2.08. The lowest BCUT2D eigenvalue weighted by Gasteiger charge is -2.16. The monoisotopic (exact) mass is 275 g/mol. The van der Waals surface area contributed by atoms with E-state index in [1.54, 1.807) is 18.2 Å². The minimum atomic E-state index is -0.928. The molecule has 0 aromatic heterocycles. The zero-order valence-corrected chi connectivity index (χ0v) is 11.8. The molecule has 0 bridgehead atoms. The standard InChI is InChI=1S/C16H18FNO2/c1-11(19)16-14(17)8-5-9-15(16)20-13-7-4-6-12(10-13)18(2)3/h4-11,19H,1-3H3. The van der Waals surface area contributed by atoms with E-state index in [2.05, 4.69) is 0 Å². The molecule has 2 rings (SSSR count). The SMILES string of the molecule is CC(O)c1c(F)cccc1Oc1cccc(N(C)C)c1. The Morgan fingerprint density at radius 3 is 2.50 bits per heavy atom. The van der Waals surface area contributed by atoms with Gasteiger partial charge in [0.1, 0.15) is 17.3 Å². The van der Waals surface area contributed by atoms with Crippen molar-refractivity contribution in [2.45, 2.75) is 13.0 Å². The summed E-state index contributed by atoms with van der Waals surface area (Å²) in [5.41, 5.74) is 1.15. The second-order valence-corrected chi connectivity index (χ2v) is 4.82. The van der Waals surface area contributed by atoms with Crippen LogP contribution in [0.25, 0.3) is 0 Å². The number of benzene rings is 2. The van der Waals surface area contributed by atoms with Crippen LogP contribution in [-0.4, -0.2) is 19.2 Å².